The van der Waals surface area contributed by atoms with E-state index in [0.717, 1.165) is 41.2 Å². The van der Waals surface area contributed by atoms with Crippen LogP contribution >= 0.6 is 0 Å². The summed E-state index contributed by atoms with van der Waals surface area (Å²) in [5, 5.41) is 0. The molecular weight excluding hydrogens is 866 g/mol. The fourth-order valence-electron chi connectivity index (χ4n) is 6.72. The minimum atomic E-state index is -0.126. The molecule has 224 valence electrons. The Hall–Kier alpha value is -1.97. The number of carbonyl (C=O) groups excluding carboxylic acids is 2. The van der Waals surface area contributed by atoms with Gasteiger partial charge in [0.05, 0.1) is 0 Å². The van der Waals surface area contributed by atoms with Crippen LogP contribution in [-0.2, 0) is 64.6 Å². The number of aromatic nitrogens is 1. The zero-order valence-corrected chi connectivity index (χ0v) is 31.0. The Kier molecular flexibility index (Phi) is 12.9. The van der Waals surface area contributed by atoms with Gasteiger partial charge < -0.3 is 14.8 Å². The van der Waals surface area contributed by atoms with E-state index in [2.05, 4.69) is 56.9 Å². The summed E-state index contributed by atoms with van der Waals surface area (Å²) in [4.78, 5) is 39.9. The summed E-state index contributed by atoms with van der Waals surface area (Å²) < 4.78 is 0. The van der Waals surface area contributed by atoms with Gasteiger partial charge in [0, 0.05) is 80.9 Å². The average molecular weight is 907 g/mol. The third kappa shape index (κ3) is 8.14. The van der Waals surface area contributed by atoms with Gasteiger partial charge in [-0.3, -0.25) is 9.59 Å². The Morgan fingerprint density at radius 3 is 1.74 bits per heavy atom. The van der Waals surface area contributed by atoms with Crippen LogP contribution in [0.25, 0.3) is 0 Å². The van der Waals surface area contributed by atoms with Gasteiger partial charge in [-0.05, 0) is 63.2 Å². The van der Waals surface area contributed by atoms with E-state index < -0.39 is 0 Å². The molecule has 1 aromatic heterocycles. The van der Waals surface area contributed by atoms with Crippen LogP contribution in [0.5, 0.6) is 0 Å². The molecule has 0 spiro atoms. The van der Waals surface area contributed by atoms with Crippen molar-refractivity contribution in [1.82, 2.24) is 4.98 Å². The summed E-state index contributed by atoms with van der Waals surface area (Å²) in [6.45, 7) is 7.69. The zero-order valence-electron chi connectivity index (χ0n) is 25.1. The number of aliphatic imine (C=N–C) groups is 2. The third-order valence-electron chi connectivity index (χ3n) is 8.80. The molecule has 2 aliphatic heterocycles. The number of amides is 2. The molecule has 1 aromatic carbocycles. The first-order valence-corrected chi connectivity index (χ1v) is 14.9. The third-order valence-corrected chi connectivity index (χ3v) is 8.80. The molecule has 0 saturated heterocycles. The van der Waals surface area contributed by atoms with E-state index in [1.54, 1.807) is 0 Å². The van der Waals surface area contributed by atoms with Gasteiger partial charge in [-0.15, -0.1) is 17.2 Å². The maximum Gasteiger partial charge on any atom is 0.244 e. The maximum atomic E-state index is 11.4. The molecule has 2 fully saturated rings. The first kappa shape index (κ1) is 34.5. The second-order valence-corrected chi connectivity index (χ2v) is 12.0. The van der Waals surface area contributed by atoms with Crippen LogP contribution in [0, 0.1) is 24.1 Å². The summed E-state index contributed by atoms with van der Waals surface area (Å²) in [6, 6.07) is 12.1. The minimum absolute atomic E-state index is 0. The van der Waals surface area contributed by atoms with E-state index in [-0.39, 0.29) is 53.9 Å². The first-order valence-electron chi connectivity index (χ1n) is 14.9. The number of carbonyl (C=O) groups is 2. The predicted octanol–water partition coefficient (Wildman–Crippen LogP) is 6.14. The summed E-state index contributed by atoms with van der Waals surface area (Å²) >= 11 is 0. The largest absolute Gasteiger partial charge is 0.394 e. The molecule has 4 aliphatic rings. The molecule has 0 bridgehead atoms. The summed E-state index contributed by atoms with van der Waals surface area (Å²) in [5.74, 6) is 3.21. The van der Waals surface area contributed by atoms with E-state index in [0.29, 0.717) is 18.5 Å². The molecule has 3 heterocycles. The van der Waals surface area contributed by atoms with E-state index in [4.69, 9.17) is 0 Å². The smallest absolute Gasteiger partial charge is 0.244 e. The number of hydrogen-bond donors (Lipinski definition) is 0. The van der Waals surface area contributed by atoms with Crippen LogP contribution in [0.4, 0.5) is 11.4 Å². The first-order chi connectivity index (χ1) is 19.3. The van der Waals surface area contributed by atoms with Gasteiger partial charge >= 0.3 is 0 Å². The quantitative estimate of drug-likeness (QED) is 0.339. The Bertz CT molecular complexity index is 1200. The number of nitrogens with zero attached hydrogens (tertiary/aromatic N) is 5. The van der Waals surface area contributed by atoms with E-state index in [1.807, 2.05) is 24.4 Å². The summed E-state index contributed by atoms with van der Waals surface area (Å²) in [5.41, 5.74) is 4.76. The summed E-state index contributed by atoms with van der Waals surface area (Å²) in [6.07, 6.45) is 16.0. The van der Waals surface area contributed by atoms with Crippen LogP contribution in [0.15, 0.2) is 40.4 Å². The van der Waals surface area contributed by atoms with Gasteiger partial charge in [-0.25, -0.2) is 9.98 Å². The van der Waals surface area contributed by atoms with Crippen molar-refractivity contribution in [2.45, 2.75) is 104 Å². The molecule has 0 N–H and O–H groups in total. The average Bonchev–Trinajstić information content (AvgIpc) is 3.47. The van der Waals surface area contributed by atoms with Crippen LogP contribution in [0.2, 0.25) is 0 Å². The monoisotopic (exact) mass is 907 g/mol. The van der Waals surface area contributed by atoms with Crippen molar-refractivity contribution in [2.24, 2.45) is 21.8 Å². The topological polar surface area (TPSA) is 78.2 Å². The molecule has 0 radical (unpaired) electrons. The number of amidine groups is 2. The second kappa shape index (κ2) is 15.7. The van der Waals surface area contributed by atoms with Crippen LogP contribution in [-0.4, -0.2) is 40.6 Å². The molecule has 2 saturated carbocycles. The van der Waals surface area contributed by atoms with E-state index in [1.165, 1.54) is 76.5 Å². The van der Waals surface area contributed by atoms with Gasteiger partial charge in [-0.2, -0.15) is 24.3 Å². The Morgan fingerprint density at radius 2 is 1.24 bits per heavy atom. The molecule has 2 aliphatic carbocycles. The van der Waals surface area contributed by atoms with Crippen molar-refractivity contribution < 1.29 is 51.7 Å². The fraction of sp³-hybridized carbons (Fsp3) is 0.545. The maximum absolute atomic E-state index is 11.4. The Balaban J connectivity index is 0.000000220. The van der Waals surface area contributed by atoms with Crippen LogP contribution in [0.3, 0.4) is 0 Å². The second-order valence-electron chi connectivity index (χ2n) is 12.0. The molecule has 2 amide bonds. The van der Waals surface area contributed by atoms with Crippen molar-refractivity contribution in [3.05, 3.63) is 53.9 Å². The standard InChI is InChI=1S/C17H21N2O.C16H20N3O.2W/c1-12-7-9-15(10-8-12)19-16-6-4-3-5-14(16)11-17(19)18-13(2)20;1-11-3-5-14(6-4-11)19-15-7-8-17-10-13(15)9-16(19)18-12(2)20;;/h3,5-6,12,15H,7-11H2,1-2H3;7,10-11,14H,3-6,9H2,1-2H3;;/q2*-1;;. The fourth-order valence-corrected chi connectivity index (χ4v) is 6.72. The molecule has 0 unspecified atom stereocenters. The van der Waals surface area contributed by atoms with Gasteiger partial charge in [0.15, 0.2) is 0 Å². The van der Waals surface area contributed by atoms with Crippen molar-refractivity contribution in [3.63, 3.8) is 0 Å². The van der Waals surface area contributed by atoms with Gasteiger partial charge in [-0.1, -0.05) is 37.6 Å². The molecule has 0 atom stereocenters. The van der Waals surface area contributed by atoms with Crippen molar-refractivity contribution in [2.75, 3.05) is 9.80 Å². The number of rotatable bonds is 2. The summed E-state index contributed by atoms with van der Waals surface area (Å²) in [7, 11) is 0. The SMILES string of the molecule is CC(=O)N=C1Cc2cc[c-]cc2N1C1CCC(C)CC1.CC(=O)N=C1Cc2cn[c-]cc2N1C1CCC(C)CC1.[W].[W]. The zero-order chi connectivity index (χ0) is 28.2. The van der Waals surface area contributed by atoms with Crippen molar-refractivity contribution in [1.29, 1.82) is 0 Å². The molecule has 42 heavy (non-hydrogen) atoms. The van der Waals surface area contributed by atoms with Crippen molar-refractivity contribution >= 4 is 34.9 Å². The molecule has 9 heteroatoms. The number of anilines is 2. The van der Waals surface area contributed by atoms with Gasteiger partial charge in [0.2, 0.25) is 11.8 Å². The predicted molar refractivity (Wildman–Crippen MR) is 160 cm³/mol. The molecule has 7 nitrogen and oxygen atoms in total. The van der Waals surface area contributed by atoms with Crippen molar-refractivity contribution in [3.8, 4) is 0 Å². The Labute approximate surface area is 279 Å². The molecule has 2 aromatic rings. The van der Waals surface area contributed by atoms with Crippen LogP contribution in [0.1, 0.15) is 90.2 Å². The number of benzene rings is 1. The normalized spacial score (nSPS) is 26.4. The number of pyridine rings is 1. The van der Waals surface area contributed by atoms with Crippen LogP contribution < -0.4 is 9.80 Å². The van der Waals surface area contributed by atoms with Gasteiger partial charge in [0.25, 0.3) is 0 Å². The minimum Gasteiger partial charge on any atom is -0.394 e. The van der Waals surface area contributed by atoms with E-state index >= 15 is 0 Å². The number of hydrogen-bond acceptors (Lipinski definition) is 3. The molecule has 6 rings (SSSR count). The number of fused-ring (bicyclic) bond motifs is 2. The van der Waals surface area contributed by atoms with Gasteiger partial charge in [0.1, 0.15) is 11.7 Å². The molecular formula is C33H41N5O2W2-2. The Morgan fingerprint density at radius 1 is 0.762 bits per heavy atom. The van der Waals surface area contributed by atoms with E-state index in [9.17, 15) is 9.59 Å².